The fourth-order valence-electron chi connectivity index (χ4n) is 4.38. The third-order valence-corrected chi connectivity index (χ3v) is 7.02. The molecule has 3 fully saturated rings. The van der Waals surface area contributed by atoms with Crippen molar-refractivity contribution in [3.8, 4) is 0 Å². The van der Waals surface area contributed by atoms with Crippen LogP contribution in [0.15, 0.2) is 0 Å². The van der Waals surface area contributed by atoms with Gasteiger partial charge in [-0.3, -0.25) is 4.90 Å². The molecule has 3 atom stereocenters. The highest BCUT2D eigenvalue weighted by Crippen LogP contribution is 2.48. The number of hydrogen-bond donors (Lipinski definition) is 1. The van der Waals surface area contributed by atoms with Crippen LogP contribution < -0.4 is 5.73 Å². The van der Waals surface area contributed by atoms with E-state index in [2.05, 4.69) is 30.5 Å². The molecule has 0 aromatic carbocycles. The van der Waals surface area contributed by atoms with Crippen LogP contribution in [0.2, 0.25) is 0 Å². The molecule has 0 aromatic heterocycles. The summed E-state index contributed by atoms with van der Waals surface area (Å²) >= 11 is 2.09. The first-order valence-corrected chi connectivity index (χ1v) is 8.92. The largest absolute Gasteiger partial charge is 0.375 e. The number of morpholine rings is 1. The van der Waals surface area contributed by atoms with Gasteiger partial charge in [-0.1, -0.05) is 13.8 Å². The monoisotopic (exact) mass is 284 g/mol. The molecule has 2 aliphatic heterocycles. The first kappa shape index (κ1) is 14.2. The predicted octanol–water partition coefficient (Wildman–Crippen LogP) is 2.10. The Bertz CT molecular complexity index is 336. The van der Waals surface area contributed by atoms with Crippen molar-refractivity contribution in [2.45, 2.75) is 57.2 Å². The molecule has 19 heavy (non-hydrogen) atoms. The molecule has 2 N–H and O–H groups in total. The van der Waals surface area contributed by atoms with Crippen LogP contribution in [0.4, 0.5) is 0 Å². The summed E-state index contributed by atoms with van der Waals surface area (Å²) in [5.74, 6) is 2.48. The maximum absolute atomic E-state index is 6.33. The summed E-state index contributed by atoms with van der Waals surface area (Å²) in [6, 6.07) is 0.621. The summed E-state index contributed by atoms with van der Waals surface area (Å²) in [7, 11) is 0. The van der Waals surface area contributed by atoms with Crippen LogP contribution in [0.5, 0.6) is 0 Å². The van der Waals surface area contributed by atoms with Crippen molar-refractivity contribution >= 4 is 11.8 Å². The zero-order chi connectivity index (χ0) is 13.5. The minimum Gasteiger partial charge on any atom is -0.375 e. The van der Waals surface area contributed by atoms with Gasteiger partial charge in [-0.05, 0) is 36.9 Å². The fourth-order valence-corrected chi connectivity index (χ4v) is 6.19. The van der Waals surface area contributed by atoms with E-state index in [4.69, 9.17) is 10.5 Å². The van der Waals surface area contributed by atoms with Gasteiger partial charge in [-0.25, -0.2) is 0 Å². The number of rotatable bonds is 2. The van der Waals surface area contributed by atoms with E-state index >= 15 is 0 Å². The van der Waals surface area contributed by atoms with Crippen molar-refractivity contribution < 1.29 is 4.74 Å². The standard InChI is InChI=1S/C15H28N2OS/c1-14(2)6-9-19-11-15(14,10-16)17-7-8-18-13-5-3-4-12(13)17/h12-13H,3-11,16H2,1-2H3. The Kier molecular flexibility index (Phi) is 3.89. The molecule has 2 saturated heterocycles. The molecular weight excluding hydrogens is 256 g/mol. The van der Waals surface area contributed by atoms with E-state index in [1.54, 1.807) is 0 Å². The van der Waals surface area contributed by atoms with Gasteiger partial charge in [0.15, 0.2) is 0 Å². The zero-order valence-electron chi connectivity index (χ0n) is 12.4. The number of thioether (sulfide) groups is 1. The summed E-state index contributed by atoms with van der Waals surface area (Å²) in [6.45, 7) is 7.61. The first-order valence-electron chi connectivity index (χ1n) is 7.77. The second-order valence-electron chi connectivity index (χ2n) is 7.02. The Morgan fingerprint density at radius 3 is 2.95 bits per heavy atom. The van der Waals surface area contributed by atoms with E-state index in [1.807, 2.05) is 0 Å². The van der Waals surface area contributed by atoms with Crippen molar-refractivity contribution in [2.75, 3.05) is 31.2 Å². The molecule has 0 amide bonds. The molecule has 0 bridgehead atoms. The molecule has 2 heterocycles. The first-order chi connectivity index (χ1) is 9.11. The van der Waals surface area contributed by atoms with Crippen LogP contribution >= 0.6 is 11.8 Å². The van der Waals surface area contributed by atoms with Gasteiger partial charge in [-0.15, -0.1) is 0 Å². The third kappa shape index (κ3) is 2.15. The van der Waals surface area contributed by atoms with Gasteiger partial charge in [0.1, 0.15) is 0 Å². The number of nitrogens with two attached hydrogens (primary N) is 1. The molecule has 3 aliphatic rings. The van der Waals surface area contributed by atoms with Crippen LogP contribution in [0, 0.1) is 5.41 Å². The topological polar surface area (TPSA) is 38.5 Å². The van der Waals surface area contributed by atoms with Crippen LogP contribution in [0.1, 0.15) is 39.5 Å². The summed E-state index contributed by atoms with van der Waals surface area (Å²) in [4.78, 5) is 2.76. The van der Waals surface area contributed by atoms with Crippen molar-refractivity contribution in [3.63, 3.8) is 0 Å². The van der Waals surface area contributed by atoms with Gasteiger partial charge in [0.05, 0.1) is 12.7 Å². The number of nitrogens with zero attached hydrogens (tertiary/aromatic N) is 1. The van der Waals surface area contributed by atoms with Gasteiger partial charge < -0.3 is 10.5 Å². The fraction of sp³-hybridized carbons (Fsp3) is 1.00. The molecule has 0 spiro atoms. The Morgan fingerprint density at radius 2 is 2.21 bits per heavy atom. The molecule has 3 nitrogen and oxygen atoms in total. The maximum Gasteiger partial charge on any atom is 0.0731 e. The lowest BCUT2D eigenvalue weighted by Crippen LogP contribution is -2.70. The molecule has 3 rings (SSSR count). The highest BCUT2D eigenvalue weighted by Gasteiger charge is 2.54. The van der Waals surface area contributed by atoms with E-state index in [-0.39, 0.29) is 5.54 Å². The Hall–Kier alpha value is 0.230. The van der Waals surface area contributed by atoms with E-state index < -0.39 is 0 Å². The lowest BCUT2D eigenvalue weighted by Gasteiger charge is -2.59. The van der Waals surface area contributed by atoms with Gasteiger partial charge in [0.2, 0.25) is 0 Å². The van der Waals surface area contributed by atoms with Gasteiger partial charge in [0.25, 0.3) is 0 Å². The quantitative estimate of drug-likeness (QED) is 0.843. The minimum atomic E-state index is 0.174. The maximum atomic E-state index is 6.33. The zero-order valence-corrected chi connectivity index (χ0v) is 13.2. The van der Waals surface area contributed by atoms with Gasteiger partial charge >= 0.3 is 0 Å². The summed E-state index contributed by atoms with van der Waals surface area (Å²) < 4.78 is 5.99. The molecular formula is C15H28N2OS. The molecule has 1 saturated carbocycles. The van der Waals surface area contributed by atoms with E-state index in [1.165, 1.54) is 37.2 Å². The van der Waals surface area contributed by atoms with E-state index in [9.17, 15) is 0 Å². The number of hydrogen-bond acceptors (Lipinski definition) is 4. The lowest BCUT2D eigenvalue weighted by molar-refractivity contribution is -0.123. The summed E-state index contributed by atoms with van der Waals surface area (Å²) in [5, 5.41) is 0. The molecule has 3 unspecified atom stereocenters. The van der Waals surface area contributed by atoms with E-state index in [0.717, 1.165) is 19.7 Å². The molecule has 0 aromatic rings. The molecule has 0 radical (unpaired) electrons. The van der Waals surface area contributed by atoms with Gasteiger partial charge in [0, 0.05) is 30.4 Å². The number of fused-ring (bicyclic) bond motifs is 1. The molecule has 1 aliphatic carbocycles. The lowest BCUT2D eigenvalue weighted by atomic mass is 9.69. The third-order valence-electron chi connectivity index (χ3n) is 5.84. The van der Waals surface area contributed by atoms with Crippen LogP contribution in [0.25, 0.3) is 0 Å². The minimum absolute atomic E-state index is 0.174. The van der Waals surface area contributed by atoms with Crippen molar-refractivity contribution in [2.24, 2.45) is 11.1 Å². The van der Waals surface area contributed by atoms with Crippen molar-refractivity contribution in [1.29, 1.82) is 0 Å². The van der Waals surface area contributed by atoms with Crippen LogP contribution in [-0.4, -0.2) is 53.8 Å². The Balaban J connectivity index is 1.91. The van der Waals surface area contributed by atoms with Gasteiger partial charge in [-0.2, -0.15) is 11.8 Å². The molecule has 110 valence electrons. The highest BCUT2D eigenvalue weighted by molar-refractivity contribution is 7.99. The Labute approximate surface area is 121 Å². The average molecular weight is 284 g/mol. The van der Waals surface area contributed by atoms with Crippen LogP contribution in [-0.2, 0) is 4.74 Å². The van der Waals surface area contributed by atoms with Crippen molar-refractivity contribution in [1.82, 2.24) is 4.90 Å². The summed E-state index contributed by atoms with van der Waals surface area (Å²) in [5.41, 5.74) is 6.82. The normalized spacial score (nSPS) is 43.1. The average Bonchev–Trinajstić information content (AvgIpc) is 2.87. The second kappa shape index (κ2) is 5.21. The predicted molar refractivity (Wildman–Crippen MR) is 81.6 cm³/mol. The SMILES string of the molecule is CC1(C)CCSCC1(CN)N1CCOC2CCCC21. The Morgan fingerprint density at radius 1 is 1.37 bits per heavy atom. The number of ether oxygens (including phenoxy) is 1. The van der Waals surface area contributed by atoms with Crippen molar-refractivity contribution in [3.05, 3.63) is 0 Å². The van der Waals surface area contributed by atoms with Crippen LogP contribution in [0.3, 0.4) is 0 Å². The summed E-state index contributed by atoms with van der Waals surface area (Å²) in [6.07, 6.45) is 5.62. The smallest absolute Gasteiger partial charge is 0.0731 e. The second-order valence-corrected chi connectivity index (χ2v) is 8.13. The van der Waals surface area contributed by atoms with E-state index in [0.29, 0.717) is 17.6 Å². The molecule has 4 heteroatoms. The highest BCUT2D eigenvalue weighted by atomic mass is 32.2.